The van der Waals surface area contributed by atoms with E-state index in [-0.39, 0.29) is 11.8 Å². The lowest BCUT2D eigenvalue weighted by molar-refractivity contribution is -0.122. The van der Waals surface area contributed by atoms with E-state index in [2.05, 4.69) is 21.2 Å². The summed E-state index contributed by atoms with van der Waals surface area (Å²) in [6.45, 7) is 3.57. The second-order valence-electron chi connectivity index (χ2n) is 4.10. The fourth-order valence-corrected chi connectivity index (χ4v) is 1.48. The Hall–Kier alpha value is -0.250. The van der Waals surface area contributed by atoms with Crippen molar-refractivity contribution in [2.75, 3.05) is 11.2 Å². The monoisotopic (exact) mass is 323 g/mol. The van der Waals surface area contributed by atoms with Gasteiger partial charge in [-0.2, -0.15) is 0 Å². The van der Waals surface area contributed by atoms with E-state index in [4.69, 9.17) is 23.2 Å². The van der Waals surface area contributed by atoms with Crippen LogP contribution in [0.4, 0.5) is 5.69 Å². The highest BCUT2D eigenvalue weighted by molar-refractivity contribution is 9.10. The second kappa shape index (κ2) is 5.39. The highest BCUT2D eigenvalue weighted by atomic mass is 79.9. The molecule has 1 aromatic rings. The van der Waals surface area contributed by atoms with Crippen LogP contribution in [0.1, 0.15) is 13.8 Å². The molecule has 0 heterocycles. The number of hydrogen-bond donors (Lipinski definition) is 1. The first-order valence-corrected chi connectivity index (χ1v) is 6.40. The Balaban J connectivity index is 2.82. The first kappa shape index (κ1) is 13.8. The van der Waals surface area contributed by atoms with Gasteiger partial charge in [0, 0.05) is 16.0 Å². The van der Waals surface area contributed by atoms with E-state index in [0.29, 0.717) is 10.7 Å². The van der Waals surface area contributed by atoms with Crippen molar-refractivity contribution in [3.63, 3.8) is 0 Å². The van der Waals surface area contributed by atoms with Crippen LogP contribution in [0.25, 0.3) is 0 Å². The molecule has 1 aromatic carbocycles. The minimum absolute atomic E-state index is 0.124. The van der Waals surface area contributed by atoms with E-state index in [1.807, 2.05) is 0 Å². The zero-order valence-corrected chi connectivity index (χ0v) is 12.1. The molecular weight excluding hydrogens is 313 g/mol. The molecule has 0 unspecified atom stereocenters. The molecule has 0 aliphatic heterocycles. The Morgan fingerprint density at radius 1 is 1.50 bits per heavy atom. The van der Waals surface area contributed by atoms with E-state index >= 15 is 0 Å². The Morgan fingerprint density at radius 3 is 2.62 bits per heavy atom. The van der Waals surface area contributed by atoms with Crippen LogP contribution in [0, 0.1) is 5.41 Å². The third-order valence-corrected chi connectivity index (χ3v) is 4.03. The molecule has 5 heteroatoms. The number of carbonyl (C=O) groups excluding carboxylic acids is 1. The lowest BCUT2D eigenvalue weighted by Crippen LogP contribution is -2.32. The quantitative estimate of drug-likeness (QED) is 0.825. The maximum Gasteiger partial charge on any atom is 0.231 e. The van der Waals surface area contributed by atoms with E-state index in [1.165, 1.54) is 0 Å². The normalized spacial score (nSPS) is 11.3. The second-order valence-corrected chi connectivity index (χ2v) is 5.63. The summed E-state index contributed by atoms with van der Waals surface area (Å²) >= 11 is 14.9. The number of anilines is 1. The number of nitrogens with one attached hydrogen (secondary N) is 1. The van der Waals surface area contributed by atoms with Crippen LogP contribution in [0.2, 0.25) is 5.02 Å². The molecular formula is C11H12BrCl2NO. The Labute approximate surface area is 113 Å². The van der Waals surface area contributed by atoms with Crippen molar-refractivity contribution < 1.29 is 4.79 Å². The molecule has 1 amide bonds. The van der Waals surface area contributed by atoms with Crippen molar-refractivity contribution in [3.05, 3.63) is 27.7 Å². The summed E-state index contributed by atoms with van der Waals surface area (Å²) in [4.78, 5) is 11.8. The highest BCUT2D eigenvalue weighted by Gasteiger charge is 2.26. The first-order chi connectivity index (χ1) is 7.36. The molecule has 0 fully saturated rings. The minimum atomic E-state index is -0.596. The van der Waals surface area contributed by atoms with Crippen LogP contribution in [-0.2, 0) is 4.79 Å². The Morgan fingerprint density at radius 2 is 2.12 bits per heavy atom. The smallest absolute Gasteiger partial charge is 0.231 e. The number of alkyl halides is 1. The number of benzene rings is 1. The largest absolute Gasteiger partial charge is 0.326 e. The van der Waals surface area contributed by atoms with Gasteiger partial charge in [0.25, 0.3) is 0 Å². The molecule has 0 saturated heterocycles. The molecule has 0 aliphatic carbocycles. The van der Waals surface area contributed by atoms with Crippen molar-refractivity contribution >= 4 is 50.7 Å². The third kappa shape index (κ3) is 3.37. The summed E-state index contributed by atoms with van der Waals surface area (Å²) < 4.78 is 0.795. The molecule has 0 radical (unpaired) electrons. The van der Waals surface area contributed by atoms with Crippen LogP contribution < -0.4 is 5.32 Å². The summed E-state index contributed by atoms with van der Waals surface area (Å²) in [6, 6.07) is 5.25. The van der Waals surface area contributed by atoms with Gasteiger partial charge in [0.1, 0.15) is 0 Å². The average Bonchev–Trinajstić information content (AvgIpc) is 2.23. The van der Waals surface area contributed by atoms with Gasteiger partial charge in [0.05, 0.1) is 10.4 Å². The van der Waals surface area contributed by atoms with Crippen molar-refractivity contribution in [1.29, 1.82) is 0 Å². The third-order valence-electron chi connectivity index (χ3n) is 2.13. The SMILES string of the molecule is CC(C)(CCl)C(=O)Nc1ccc(Br)c(Cl)c1. The fraction of sp³-hybridized carbons (Fsp3) is 0.364. The van der Waals surface area contributed by atoms with E-state index < -0.39 is 5.41 Å². The van der Waals surface area contributed by atoms with Gasteiger partial charge in [0.2, 0.25) is 5.91 Å². The standard InChI is InChI=1S/C11H12BrCl2NO/c1-11(2,6-13)10(16)15-7-3-4-8(12)9(14)5-7/h3-5H,6H2,1-2H3,(H,15,16). The van der Waals surface area contributed by atoms with Crippen LogP contribution in [-0.4, -0.2) is 11.8 Å². The molecule has 2 nitrogen and oxygen atoms in total. The zero-order valence-electron chi connectivity index (χ0n) is 8.98. The van der Waals surface area contributed by atoms with Gasteiger partial charge in [-0.1, -0.05) is 11.6 Å². The molecule has 1 N–H and O–H groups in total. The minimum Gasteiger partial charge on any atom is -0.326 e. The number of amides is 1. The summed E-state index contributed by atoms with van der Waals surface area (Å²) in [6.07, 6.45) is 0. The van der Waals surface area contributed by atoms with Gasteiger partial charge in [0.15, 0.2) is 0 Å². The number of rotatable bonds is 3. The molecule has 0 aromatic heterocycles. The van der Waals surface area contributed by atoms with Crippen LogP contribution in [0.5, 0.6) is 0 Å². The predicted molar refractivity (Wildman–Crippen MR) is 72.3 cm³/mol. The number of hydrogen-bond acceptors (Lipinski definition) is 1. The molecule has 1 rings (SSSR count). The Kier molecular flexibility index (Phi) is 4.65. The van der Waals surface area contributed by atoms with Crippen LogP contribution in [0.15, 0.2) is 22.7 Å². The average molecular weight is 325 g/mol. The number of carbonyl (C=O) groups is 1. The van der Waals surface area contributed by atoms with Gasteiger partial charge >= 0.3 is 0 Å². The molecule has 0 saturated carbocycles. The molecule has 16 heavy (non-hydrogen) atoms. The lowest BCUT2D eigenvalue weighted by atomic mass is 9.95. The van der Waals surface area contributed by atoms with Crippen LogP contribution in [0.3, 0.4) is 0 Å². The van der Waals surface area contributed by atoms with Gasteiger partial charge in [-0.3, -0.25) is 4.79 Å². The molecule has 0 bridgehead atoms. The zero-order chi connectivity index (χ0) is 12.3. The summed E-state index contributed by atoms with van der Waals surface area (Å²) in [7, 11) is 0. The highest BCUT2D eigenvalue weighted by Crippen LogP contribution is 2.27. The summed E-state index contributed by atoms with van der Waals surface area (Å²) in [5.41, 5.74) is 0.0672. The van der Waals surface area contributed by atoms with Gasteiger partial charge in [-0.05, 0) is 48.0 Å². The number of halogens is 3. The van der Waals surface area contributed by atoms with Crippen molar-refractivity contribution in [1.82, 2.24) is 0 Å². The summed E-state index contributed by atoms with van der Waals surface area (Å²) in [5.74, 6) is 0.143. The van der Waals surface area contributed by atoms with E-state index in [9.17, 15) is 4.79 Å². The first-order valence-electron chi connectivity index (χ1n) is 4.69. The topological polar surface area (TPSA) is 29.1 Å². The maximum absolute atomic E-state index is 11.8. The Bertz CT molecular complexity index is 407. The molecule has 0 spiro atoms. The molecule has 0 aliphatic rings. The predicted octanol–water partition coefficient (Wildman–Crippen LogP) is 4.31. The lowest BCUT2D eigenvalue weighted by Gasteiger charge is -2.20. The molecule has 0 atom stereocenters. The summed E-state index contributed by atoms with van der Waals surface area (Å²) in [5, 5.41) is 3.33. The van der Waals surface area contributed by atoms with Gasteiger partial charge in [-0.25, -0.2) is 0 Å². The van der Waals surface area contributed by atoms with Crippen molar-refractivity contribution in [2.45, 2.75) is 13.8 Å². The van der Waals surface area contributed by atoms with E-state index in [1.54, 1.807) is 32.0 Å². The van der Waals surface area contributed by atoms with Crippen LogP contribution >= 0.6 is 39.1 Å². The van der Waals surface area contributed by atoms with Gasteiger partial charge < -0.3 is 5.32 Å². The van der Waals surface area contributed by atoms with E-state index in [0.717, 1.165) is 4.47 Å². The van der Waals surface area contributed by atoms with Gasteiger partial charge in [-0.15, -0.1) is 11.6 Å². The maximum atomic E-state index is 11.8. The fourth-order valence-electron chi connectivity index (χ4n) is 0.935. The van der Waals surface area contributed by atoms with Crippen molar-refractivity contribution in [3.8, 4) is 0 Å². The van der Waals surface area contributed by atoms with Crippen molar-refractivity contribution in [2.24, 2.45) is 5.41 Å². The molecule has 88 valence electrons.